The van der Waals surface area contributed by atoms with Crippen molar-refractivity contribution in [2.75, 3.05) is 0 Å². The molecule has 0 aliphatic heterocycles. The summed E-state index contributed by atoms with van der Waals surface area (Å²) >= 11 is 11.9. The Morgan fingerprint density at radius 2 is 1.81 bits per heavy atom. The summed E-state index contributed by atoms with van der Waals surface area (Å²) < 4.78 is 5.31. The van der Waals surface area contributed by atoms with Gasteiger partial charge in [-0.2, -0.15) is 0 Å². The SMILES string of the molecule is O=C(Cl)c1c(-c2ccccc2Cl)noc1-c1ccncc1. The van der Waals surface area contributed by atoms with Gasteiger partial charge < -0.3 is 4.52 Å². The lowest BCUT2D eigenvalue weighted by Crippen LogP contribution is -1.94. The van der Waals surface area contributed by atoms with Gasteiger partial charge in [-0.3, -0.25) is 9.78 Å². The van der Waals surface area contributed by atoms with Crippen LogP contribution in [0.4, 0.5) is 0 Å². The summed E-state index contributed by atoms with van der Waals surface area (Å²) in [6, 6.07) is 10.5. The molecule has 3 aromatic rings. The zero-order chi connectivity index (χ0) is 14.8. The second-order valence-electron chi connectivity index (χ2n) is 4.22. The van der Waals surface area contributed by atoms with Gasteiger partial charge in [0, 0.05) is 23.5 Å². The summed E-state index contributed by atoms with van der Waals surface area (Å²) in [6.07, 6.45) is 3.19. The second kappa shape index (κ2) is 5.68. The molecule has 104 valence electrons. The molecule has 0 spiro atoms. The summed E-state index contributed by atoms with van der Waals surface area (Å²) in [5.74, 6) is 0.298. The van der Waals surface area contributed by atoms with E-state index in [1.807, 2.05) is 0 Å². The number of aromatic nitrogens is 2. The molecular formula is C15H8Cl2N2O2. The van der Waals surface area contributed by atoms with E-state index in [2.05, 4.69) is 10.1 Å². The Bertz CT molecular complexity index is 800. The third kappa shape index (κ3) is 2.55. The van der Waals surface area contributed by atoms with Gasteiger partial charge in [0.1, 0.15) is 11.3 Å². The van der Waals surface area contributed by atoms with E-state index < -0.39 is 5.24 Å². The van der Waals surface area contributed by atoms with Crippen LogP contribution >= 0.6 is 23.2 Å². The summed E-state index contributed by atoms with van der Waals surface area (Å²) in [5, 5.41) is 3.77. The Balaban J connectivity index is 2.23. The van der Waals surface area contributed by atoms with Gasteiger partial charge in [-0.15, -0.1) is 0 Å². The van der Waals surface area contributed by atoms with Crippen molar-refractivity contribution in [1.82, 2.24) is 10.1 Å². The Morgan fingerprint density at radius 1 is 1.10 bits per heavy atom. The smallest absolute Gasteiger partial charge is 0.258 e. The zero-order valence-electron chi connectivity index (χ0n) is 10.6. The van der Waals surface area contributed by atoms with E-state index in [1.54, 1.807) is 48.8 Å². The van der Waals surface area contributed by atoms with Crippen LogP contribution in [-0.4, -0.2) is 15.4 Å². The Hall–Kier alpha value is -2.17. The molecule has 0 fully saturated rings. The maximum absolute atomic E-state index is 11.8. The van der Waals surface area contributed by atoms with Gasteiger partial charge in [0.05, 0.1) is 5.02 Å². The number of carbonyl (C=O) groups excluding carboxylic acids is 1. The van der Waals surface area contributed by atoms with E-state index in [9.17, 15) is 4.79 Å². The van der Waals surface area contributed by atoms with Crippen LogP contribution in [-0.2, 0) is 0 Å². The van der Waals surface area contributed by atoms with E-state index in [1.165, 1.54) is 0 Å². The quantitative estimate of drug-likeness (QED) is 0.670. The van der Waals surface area contributed by atoms with Gasteiger partial charge in [-0.1, -0.05) is 35.0 Å². The van der Waals surface area contributed by atoms with Crippen molar-refractivity contribution in [3.05, 3.63) is 59.4 Å². The molecular weight excluding hydrogens is 311 g/mol. The number of benzene rings is 1. The molecule has 2 heterocycles. The highest BCUT2D eigenvalue weighted by molar-refractivity contribution is 6.68. The van der Waals surface area contributed by atoms with Gasteiger partial charge in [0.15, 0.2) is 5.76 Å². The highest BCUT2D eigenvalue weighted by atomic mass is 35.5. The molecule has 1 aromatic carbocycles. The molecule has 4 nitrogen and oxygen atoms in total. The number of hydrogen-bond donors (Lipinski definition) is 0. The first kappa shape index (κ1) is 13.8. The van der Waals surface area contributed by atoms with Gasteiger partial charge in [-0.25, -0.2) is 0 Å². The van der Waals surface area contributed by atoms with Crippen LogP contribution in [0.5, 0.6) is 0 Å². The van der Waals surface area contributed by atoms with Gasteiger partial charge in [0.2, 0.25) is 0 Å². The molecule has 0 atom stereocenters. The number of hydrogen-bond acceptors (Lipinski definition) is 4. The predicted molar refractivity (Wildman–Crippen MR) is 80.4 cm³/mol. The van der Waals surface area contributed by atoms with Crippen molar-refractivity contribution in [3.8, 4) is 22.6 Å². The largest absolute Gasteiger partial charge is 0.355 e. The molecule has 0 unspecified atom stereocenters. The number of nitrogens with zero attached hydrogens (tertiary/aromatic N) is 2. The Morgan fingerprint density at radius 3 is 2.48 bits per heavy atom. The second-order valence-corrected chi connectivity index (χ2v) is 4.98. The van der Waals surface area contributed by atoms with E-state index >= 15 is 0 Å². The average molecular weight is 319 g/mol. The lowest BCUT2D eigenvalue weighted by molar-refractivity contribution is 0.108. The Labute approximate surface area is 130 Å². The first-order chi connectivity index (χ1) is 10.2. The highest BCUT2D eigenvalue weighted by Gasteiger charge is 2.24. The van der Waals surface area contributed by atoms with Crippen molar-refractivity contribution in [2.45, 2.75) is 0 Å². The molecule has 0 radical (unpaired) electrons. The first-order valence-electron chi connectivity index (χ1n) is 6.03. The highest BCUT2D eigenvalue weighted by Crippen LogP contribution is 2.36. The van der Waals surface area contributed by atoms with Crippen LogP contribution < -0.4 is 0 Å². The van der Waals surface area contributed by atoms with Crippen LogP contribution in [0, 0.1) is 0 Å². The minimum Gasteiger partial charge on any atom is -0.355 e. The fourth-order valence-electron chi connectivity index (χ4n) is 2.01. The summed E-state index contributed by atoms with van der Waals surface area (Å²) in [7, 11) is 0. The number of pyridine rings is 1. The molecule has 0 aliphatic rings. The molecule has 0 N–H and O–H groups in total. The van der Waals surface area contributed by atoms with Gasteiger partial charge in [0.25, 0.3) is 5.24 Å². The van der Waals surface area contributed by atoms with Gasteiger partial charge in [-0.05, 0) is 29.8 Å². The number of rotatable bonds is 3. The van der Waals surface area contributed by atoms with Crippen molar-refractivity contribution < 1.29 is 9.32 Å². The molecule has 0 saturated carbocycles. The molecule has 0 aliphatic carbocycles. The summed E-state index contributed by atoms with van der Waals surface area (Å²) in [6.45, 7) is 0. The predicted octanol–water partition coefficient (Wildman–Crippen LogP) is 4.44. The standard InChI is InChI=1S/C15H8Cl2N2O2/c16-11-4-2-1-3-10(11)13-12(15(17)20)14(21-19-13)9-5-7-18-8-6-9/h1-8H. The monoisotopic (exact) mass is 318 g/mol. The van der Waals surface area contributed by atoms with Crippen LogP contribution in [0.15, 0.2) is 53.3 Å². The number of carbonyl (C=O) groups is 1. The topological polar surface area (TPSA) is 56.0 Å². The van der Waals surface area contributed by atoms with Crippen LogP contribution in [0.2, 0.25) is 5.02 Å². The van der Waals surface area contributed by atoms with E-state index in [4.69, 9.17) is 27.7 Å². The molecule has 21 heavy (non-hydrogen) atoms. The fourth-order valence-corrected chi connectivity index (χ4v) is 2.41. The minimum absolute atomic E-state index is 0.191. The van der Waals surface area contributed by atoms with Crippen LogP contribution in [0.3, 0.4) is 0 Å². The van der Waals surface area contributed by atoms with Crippen molar-refractivity contribution in [2.24, 2.45) is 0 Å². The summed E-state index contributed by atoms with van der Waals surface area (Å²) in [4.78, 5) is 15.7. The van der Waals surface area contributed by atoms with Crippen molar-refractivity contribution in [3.63, 3.8) is 0 Å². The van der Waals surface area contributed by atoms with Crippen molar-refractivity contribution in [1.29, 1.82) is 0 Å². The molecule has 3 rings (SSSR count). The van der Waals surface area contributed by atoms with E-state index in [0.717, 1.165) is 0 Å². The average Bonchev–Trinajstić information content (AvgIpc) is 2.93. The van der Waals surface area contributed by atoms with E-state index in [-0.39, 0.29) is 5.56 Å². The maximum Gasteiger partial charge on any atom is 0.258 e. The number of halogens is 2. The van der Waals surface area contributed by atoms with E-state index in [0.29, 0.717) is 27.6 Å². The molecule has 0 amide bonds. The fraction of sp³-hybridized carbons (Fsp3) is 0. The molecule has 6 heteroatoms. The zero-order valence-corrected chi connectivity index (χ0v) is 12.1. The Kier molecular flexibility index (Phi) is 3.73. The third-order valence-electron chi connectivity index (χ3n) is 2.96. The molecule has 2 aromatic heterocycles. The lowest BCUT2D eigenvalue weighted by Gasteiger charge is -2.01. The maximum atomic E-state index is 11.8. The van der Waals surface area contributed by atoms with Crippen LogP contribution in [0.1, 0.15) is 10.4 Å². The summed E-state index contributed by atoms with van der Waals surface area (Å²) in [5.41, 5.74) is 1.77. The van der Waals surface area contributed by atoms with Crippen LogP contribution in [0.25, 0.3) is 22.6 Å². The minimum atomic E-state index is -0.655. The lowest BCUT2D eigenvalue weighted by atomic mass is 10.0. The normalized spacial score (nSPS) is 10.6. The molecule has 0 saturated heterocycles. The molecule has 0 bridgehead atoms. The van der Waals surface area contributed by atoms with Crippen molar-refractivity contribution >= 4 is 28.4 Å². The third-order valence-corrected chi connectivity index (χ3v) is 3.48. The van der Waals surface area contributed by atoms with Gasteiger partial charge >= 0.3 is 0 Å². The first-order valence-corrected chi connectivity index (χ1v) is 6.79.